The van der Waals surface area contributed by atoms with Gasteiger partial charge in [0.25, 0.3) is 0 Å². The number of nitrogens with one attached hydrogen (secondary N) is 3. The van der Waals surface area contributed by atoms with Gasteiger partial charge in [-0.05, 0) is 42.9 Å². The topological polar surface area (TPSA) is 158 Å². The molecule has 3 atom stereocenters. The van der Waals surface area contributed by atoms with E-state index in [2.05, 4.69) is 15.6 Å². The summed E-state index contributed by atoms with van der Waals surface area (Å²) >= 11 is 1.60. The second-order valence-electron chi connectivity index (χ2n) is 8.31. The minimum atomic E-state index is -1.18. The van der Waals surface area contributed by atoms with Crippen LogP contribution in [-0.4, -0.2) is 81.9 Å². The highest BCUT2D eigenvalue weighted by molar-refractivity contribution is 7.98. The van der Waals surface area contributed by atoms with Crippen molar-refractivity contribution in [3.8, 4) is 0 Å². The van der Waals surface area contributed by atoms with Crippen molar-refractivity contribution in [1.82, 2.24) is 20.5 Å². The Morgan fingerprint density at radius 3 is 2.79 bits per heavy atom. The highest BCUT2D eigenvalue weighted by Crippen LogP contribution is 2.21. The van der Waals surface area contributed by atoms with Gasteiger partial charge >= 0.3 is 5.97 Å². The first-order valence-electron chi connectivity index (χ1n) is 11.2. The van der Waals surface area contributed by atoms with E-state index in [1.807, 2.05) is 30.5 Å². The van der Waals surface area contributed by atoms with Gasteiger partial charge in [0, 0.05) is 30.1 Å². The number of benzene rings is 1. The van der Waals surface area contributed by atoms with Crippen LogP contribution in [0.25, 0.3) is 10.9 Å². The van der Waals surface area contributed by atoms with Gasteiger partial charge in [-0.15, -0.1) is 0 Å². The number of hydrogen-bond acceptors (Lipinski definition) is 6. The largest absolute Gasteiger partial charge is 0.480 e. The molecule has 34 heavy (non-hydrogen) atoms. The van der Waals surface area contributed by atoms with Gasteiger partial charge in [0.05, 0.1) is 6.04 Å². The van der Waals surface area contributed by atoms with Gasteiger partial charge in [-0.25, -0.2) is 0 Å². The summed E-state index contributed by atoms with van der Waals surface area (Å²) < 4.78 is 0. The monoisotopic (exact) mass is 489 g/mol. The number of thioether (sulfide) groups is 1. The number of carbonyl (C=O) groups excluding carboxylic acids is 3. The predicted molar refractivity (Wildman–Crippen MR) is 130 cm³/mol. The van der Waals surface area contributed by atoms with Gasteiger partial charge < -0.3 is 31.4 Å². The van der Waals surface area contributed by atoms with E-state index in [9.17, 15) is 19.2 Å². The average Bonchev–Trinajstić information content (AvgIpc) is 3.47. The maximum Gasteiger partial charge on any atom is 0.322 e. The number of nitrogens with zero attached hydrogens (tertiary/aromatic N) is 1. The van der Waals surface area contributed by atoms with Crippen molar-refractivity contribution < 1.29 is 24.3 Å². The van der Waals surface area contributed by atoms with Gasteiger partial charge in [-0.1, -0.05) is 18.2 Å². The molecule has 1 aromatic heterocycles. The quantitative estimate of drug-likeness (QED) is 0.307. The van der Waals surface area contributed by atoms with Crippen molar-refractivity contribution in [2.24, 2.45) is 5.73 Å². The minimum absolute atomic E-state index is 0.162. The molecule has 2 heterocycles. The van der Waals surface area contributed by atoms with Crippen molar-refractivity contribution in [1.29, 1.82) is 0 Å². The molecule has 3 unspecified atom stereocenters. The Balaban J connectivity index is 1.75. The lowest BCUT2D eigenvalue weighted by molar-refractivity contribution is -0.141. The second kappa shape index (κ2) is 11.9. The molecule has 0 spiro atoms. The van der Waals surface area contributed by atoms with E-state index >= 15 is 0 Å². The molecule has 184 valence electrons. The smallest absolute Gasteiger partial charge is 0.322 e. The van der Waals surface area contributed by atoms with Crippen molar-refractivity contribution >= 4 is 46.4 Å². The Morgan fingerprint density at radius 2 is 2.06 bits per heavy atom. The minimum Gasteiger partial charge on any atom is -0.480 e. The van der Waals surface area contributed by atoms with E-state index in [4.69, 9.17) is 10.8 Å². The molecule has 10 nitrogen and oxygen atoms in total. The summed E-state index contributed by atoms with van der Waals surface area (Å²) in [6.45, 7) is -0.125. The number of aromatic amines is 1. The number of aliphatic carboxylic acids is 1. The Labute approximate surface area is 202 Å². The molecule has 0 radical (unpaired) electrons. The third-order valence-electron chi connectivity index (χ3n) is 5.93. The molecule has 1 fully saturated rings. The molecule has 0 saturated carbocycles. The fourth-order valence-electron chi connectivity index (χ4n) is 4.17. The lowest BCUT2D eigenvalue weighted by Crippen LogP contribution is -2.56. The van der Waals surface area contributed by atoms with Crippen LogP contribution in [0.4, 0.5) is 0 Å². The zero-order valence-corrected chi connectivity index (χ0v) is 19.9. The number of amides is 3. The van der Waals surface area contributed by atoms with Gasteiger partial charge in [0.1, 0.15) is 18.6 Å². The first kappa shape index (κ1) is 25.6. The van der Waals surface area contributed by atoms with E-state index in [0.29, 0.717) is 25.8 Å². The van der Waals surface area contributed by atoms with Gasteiger partial charge in [0.2, 0.25) is 17.7 Å². The average molecular weight is 490 g/mol. The van der Waals surface area contributed by atoms with E-state index in [1.54, 1.807) is 18.0 Å². The van der Waals surface area contributed by atoms with Crippen LogP contribution in [0.1, 0.15) is 24.8 Å². The molecule has 1 aliphatic rings. The summed E-state index contributed by atoms with van der Waals surface area (Å²) in [6, 6.07) is 5.17. The van der Waals surface area contributed by atoms with Crippen LogP contribution in [0.3, 0.4) is 0 Å². The lowest BCUT2D eigenvalue weighted by Gasteiger charge is -2.28. The number of nitrogens with two attached hydrogens (primary N) is 1. The standard InChI is InChI=1S/C23H31N5O5S/c1-34-10-8-16(24)23(33)28-9-4-7-19(28)22(32)27-18(21(31)26-13-20(29)30)11-14-12-25-17-6-3-2-5-15(14)17/h2-3,5-6,12,16,18-19,25H,4,7-11,13,24H2,1H3,(H,26,31)(H,27,32)(H,29,30). The van der Waals surface area contributed by atoms with E-state index in [-0.39, 0.29) is 12.3 Å². The van der Waals surface area contributed by atoms with E-state index in [0.717, 1.165) is 22.2 Å². The molecular weight excluding hydrogens is 458 g/mol. The van der Waals surface area contributed by atoms with Crippen molar-refractivity contribution in [2.45, 2.75) is 43.8 Å². The predicted octanol–water partition coefficient (Wildman–Crippen LogP) is 0.467. The van der Waals surface area contributed by atoms with Gasteiger partial charge in [-0.2, -0.15) is 11.8 Å². The Morgan fingerprint density at radius 1 is 1.29 bits per heavy atom. The number of rotatable bonds is 11. The summed E-state index contributed by atoms with van der Waals surface area (Å²) in [5.74, 6) is -1.76. The number of hydrogen-bond donors (Lipinski definition) is 5. The normalized spacial score (nSPS) is 17.4. The molecule has 3 rings (SSSR count). The van der Waals surface area contributed by atoms with Gasteiger partial charge in [0.15, 0.2) is 0 Å². The second-order valence-corrected chi connectivity index (χ2v) is 9.30. The number of carboxylic acids is 1. The van der Waals surface area contributed by atoms with Crippen LogP contribution >= 0.6 is 11.8 Å². The number of H-pyrrole nitrogens is 1. The van der Waals surface area contributed by atoms with Crippen LogP contribution in [0.15, 0.2) is 30.5 Å². The number of aromatic nitrogens is 1. The van der Waals surface area contributed by atoms with Gasteiger partial charge in [-0.3, -0.25) is 19.2 Å². The molecule has 1 saturated heterocycles. The maximum atomic E-state index is 13.2. The summed E-state index contributed by atoms with van der Waals surface area (Å²) in [4.78, 5) is 54.4. The molecule has 3 amide bonds. The van der Waals surface area contributed by atoms with Crippen molar-refractivity contribution in [3.05, 3.63) is 36.0 Å². The molecule has 6 N–H and O–H groups in total. The highest BCUT2D eigenvalue weighted by Gasteiger charge is 2.37. The SMILES string of the molecule is CSCCC(N)C(=O)N1CCCC1C(=O)NC(Cc1c[nH]c2ccccc12)C(=O)NCC(=O)O. The summed E-state index contributed by atoms with van der Waals surface area (Å²) in [5, 5.41) is 15.0. The molecule has 0 bridgehead atoms. The number of carboxylic acid groups (broad SMARTS) is 1. The fraction of sp³-hybridized carbons (Fsp3) is 0.478. The zero-order valence-electron chi connectivity index (χ0n) is 19.1. The molecular formula is C23H31N5O5S. The van der Waals surface area contributed by atoms with Crippen LogP contribution in [0.5, 0.6) is 0 Å². The number of carbonyl (C=O) groups is 4. The van der Waals surface area contributed by atoms with E-state index in [1.165, 1.54) is 4.90 Å². The van der Waals surface area contributed by atoms with E-state index < -0.39 is 42.5 Å². The third kappa shape index (κ3) is 6.29. The Hall–Kier alpha value is -3.05. The molecule has 11 heteroatoms. The number of para-hydroxylation sites is 1. The zero-order chi connectivity index (χ0) is 24.7. The maximum absolute atomic E-state index is 13.2. The molecule has 1 aromatic carbocycles. The first-order valence-corrected chi connectivity index (χ1v) is 12.6. The fourth-order valence-corrected chi connectivity index (χ4v) is 4.66. The summed E-state index contributed by atoms with van der Waals surface area (Å²) in [5.41, 5.74) is 7.75. The lowest BCUT2D eigenvalue weighted by atomic mass is 10.0. The summed E-state index contributed by atoms with van der Waals surface area (Å²) in [6.07, 6.45) is 5.53. The summed E-state index contributed by atoms with van der Waals surface area (Å²) in [7, 11) is 0. The Bertz CT molecular complexity index is 1040. The van der Waals surface area contributed by atoms with Crippen molar-refractivity contribution in [3.63, 3.8) is 0 Å². The number of fused-ring (bicyclic) bond motifs is 1. The molecule has 1 aliphatic heterocycles. The van der Waals surface area contributed by atoms with Crippen LogP contribution < -0.4 is 16.4 Å². The Kier molecular flexibility index (Phi) is 8.94. The highest BCUT2D eigenvalue weighted by atomic mass is 32.2. The van der Waals surface area contributed by atoms with Crippen LogP contribution in [0, 0.1) is 0 Å². The van der Waals surface area contributed by atoms with Crippen LogP contribution in [0.2, 0.25) is 0 Å². The number of likely N-dealkylation sites (tertiary alicyclic amines) is 1. The van der Waals surface area contributed by atoms with Crippen LogP contribution in [-0.2, 0) is 25.6 Å². The third-order valence-corrected chi connectivity index (χ3v) is 6.58. The molecule has 0 aliphatic carbocycles. The molecule has 2 aromatic rings. The van der Waals surface area contributed by atoms with Crippen molar-refractivity contribution in [2.75, 3.05) is 25.1 Å². The first-order chi connectivity index (χ1) is 16.3.